The first-order valence-electron chi connectivity index (χ1n) is 6.17. The molecule has 1 aromatic carbocycles. The van der Waals surface area contributed by atoms with Gasteiger partial charge in [-0.2, -0.15) is 0 Å². The van der Waals surface area contributed by atoms with Crippen molar-refractivity contribution in [1.29, 1.82) is 0 Å². The predicted molar refractivity (Wildman–Crippen MR) is 72.8 cm³/mol. The lowest BCUT2D eigenvalue weighted by Gasteiger charge is -2.42. The summed E-state index contributed by atoms with van der Waals surface area (Å²) in [6, 6.07) is 7.85. The van der Waals surface area contributed by atoms with Gasteiger partial charge in [0.1, 0.15) is 0 Å². The first kappa shape index (κ1) is 13.8. The summed E-state index contributed by atoms with van der Waals surface area (Å²) in [5, 5.41) is 13.6. The average molecular weight is 270 g/mol. The standard InChI is InChI=1S/C14H20ClNO2/c1-13(2,11-4-3-5-12(15)6-11)16-7-14(8-17)9-18-10-14/h3-6,16-17H,7-10H2,1-2H3. The summed E-state index contributed by atoms with van der Waals surface area (Å²) < 4.78 is 5.20. The molecule has 2 N–H and O–H groups in total. The number of nitrogens with one attached hydrogen (secondary N) is 1. The van der Waals surface area contributed by atoms with Crippen molar-refractivity contribution in [1.82, 2.24) is 5.32 Å². The number of rotatable bonds is 5. The van der Waals surface area contributed by atoms with Gasteiger partial charge >= 0.3 is 0 Å². The van der Waals surface area contributed by atoms with Crippen molar-refractivity contribution in [2.75, 3.05) is 26.4 Å². The molecule has 1 fully saturated rings. The zero-order valence-corrected chi connectivity index (χ0v) is 11.6. The lowest BCUT2D eigenvalue weighted by molar-refractivity contribution is -0.136. The highest BCUT2D eigenvalue weighted by molar-refractivity contribution is 6.30. The van der Waals surface area contributed by atoms with E-state index in [0.29, 0.717) is 13.2 Å². The molecule has 4 heteroatoms. The molecule has 1 aromatic rings. The van der Waals surface area contributed by atoms with Crippen molar-refractivity contribution in [2.24, 2.45) is 5.41 Å². The Balaban J connectivity index is 2.03. The van der Waals surface area contributed by atoms with Gasteiger partial charge in [-0.25, -0.2) is 0 Å². The van der Waals surface area contributed by atoms with Gasteiger partial charge in [0, 0.05) is 17.1 Å². The highest BCUT2D eigenvalue weighted by atomic mass is 35.5. The van der Waals surface area contributed by atoms with E-state index in [2.05, 4.69) is 25.2 Å². The van der Waals surface area contributed by atoms with Gasteiger partial charge in [-0.05, 0) is 31.5 Å². The first-order valence-corrected chi connectivity index (χ1v) is 6.55. The molecule has 0 radical (unpaired) electrons. The minimum Gasteiger partial charge on any atom is -0.396 e. The molecular weight excluding hydrogens is 250 g/mol. The first-order chi connectivity index (χ1) is 8.47. The Labute approximate surface area is 113 Å². The zero-order chi connectivity index (χ0) is 13.2. The molecule has 1 aliphatic rings. The fourth-order valence-corrected chi connectivity index (χ4v) is 2.22. The summed E-state index contributed by atoms with van der Waals surface area (Å²) in [4.78, 5) is 0. The van der Waals surface area contributed by atoms with E-state index in [1.165, 1.54) is 0 Å². The second-order valence-electron chi connectivity index (χ2n) is 5.64. The van der Waals surface area contributed by atoms with Crippen molar-refractivity contribution in [3.05, 3.63) is 34.9 Å². The Bertz CT molecular complexity index is 411. The second kappa shape index (κ2) is 5.17. The molecule has 0 aliphatic carbocycles. The van der Waals surface area contributed by atoms with Gasteiger partial charge in [-0.15, -0.1) is 0 Å². The Kier molecular flexibility index (Phi) is 3.97. The highest BCUT2D eigenvalue weighted by Crippen LogP contribution is 2.29. The molecule has 0 atom stereocenters. The minimum atomic E-state index is -0.178. The summed E-state index contributed by atoms with van der Waals surface area (Å²) in [7, 11) is 0. The van der Waals surface area contributed by atoms with Crippen LogP contribution < -0.4 is 5.32 Å². The van der Waals surface area contributed by atoms with Crippen LogP contribution >= 0.6 is 11.6 Å². The van der Waals surface area contributed by atoms with Crippen LogP contribution in [0.1, 0.15) is 19.4 Å². The molecule has 3 nitrogen and oxygen atoms in total. The summed E-state index contributed by atoms with van der Waals surface area (Å²) in [5.74, 6) is 0. The van der Waals surface area contributed by atoms with Crippen LogP contribution in [0, 0.1) is 5.41 Å². The normalized spacial score (nSPS) is 18.4. The third-order valence-electron chi connectivity index (χ3n) is 3.60. The van der Waals surface area contributed by atoms with E-state index in [-0.39, 0.29) is 17.6 Å². The molecule has 0 saturated carbocycles. The van der Waals surface area contributed by atoms with Gasteiger partial charge in [0.05, 0.1) is 25.2 Å². The largest absolute Gasteiger partial charge is 0.396 e. The van der Waals surface area contributed by atoms with Crippen LogP contribution in [0.3, 0.4) is 0 Å². The van der Waals surface area contributed by atoms with Crippen LogP contribution in [-0.4, -0.2) is 31.5 Å². The van der Waals surface area contributed by atoms with Gasteiger partial charge in [0.15, 0.2) is 0 Å². The number of ether oxygens (including phenoxy) is 1. The molecule has 0 aromatic heterocycles. The number of hydrogen-bond donors (Lipinski definition) is 2. The van der Waals surface area contributed by atoms with E-state index in [9.17, 15) is 5.11 Å². The summed E-state index contributed by atoms with van der Waals surface area (Å²) in [6.07, 6.45) is 0. The molecule has 100 valence electrons. The van der Waals surface area contributed by atoms with Gasteiger partial charge in [-0.3, -0.25) is 0 Å². The molecule has 1 aliphatic heterocycles. The van der Waals surface area contributed by atoms with E-state index < -0.39 is 0 Å². The maximum Gasteiger partial charge on any atom is 0.0579 e. The van der Waals surface area contributed by atoms with E-state index in [1.54, 1.807) is 0 Å². The smallest absolute Gasteiger partial charge is 0.0579 e. The van der Waals surface area contributed by atoms with Crippen molar-refractivity contribution in [3.63, 3.8) is 0 Å². The Morgan fingerprint density at radius 1 is 1.44 bits per heavy atom. The maximum atomic E-state index is 9.41. The highest BCUT2D eigenvalue weighted by Gasteiger charge is 2.39. The lowest BCUT2D eigenvalue weighted by Crippen LogP contribution is -2.55. The van der Waals surface area contributed by atoms with Crippen LogP contribution in [-0.2, 0) is 10.3 Å². The molecule has 0 bridgehead atoms. The van der Waals surface area contributed by atoms with Gasteiger partial charge in [0.25, 0.3) is 0 Å². The van der Waals surface area contributed by atoms with Crippen molar-refractivity contribution < 1.29 is 9.84 Å². The lowest BCUT2D eigenvalue weighted by atomic mass is 9.85. The molecule has 18 heavy (non-hydrogen) atoms. The fourth-order valence-electron chi connectivity index (χ4n) is 2.03. The molecule has 0 amide bonds. The Morgan fingerprint density at radius 3 is 2.67 bits per heavy atom. The maximum absolute atomic E-state index is 9.41. The Hall–Kier alpha value is -0.610. The number of hydrogen-bond acceptors (Lipinski definition) is 3. The zero-order valence-electron chi connectivity index (χ0n) is 10.9. The van der Waals surface area contributed by atoms with E-state index in [4.69, 9.17) is 16.3 Å². The quantitative estimate of drug-likeness (QED) is 0.861. The molecular formula is C14H20ClNO2. The van der Waals surface area contributed by atoms with Gasteiger partial charge in [0.2, 0.25) is 0 Å². The number of aliphatic hydroxyl groups excluding tert-OH is 1. The summed E-state index contributed by atoms with van der Waals surface area (Å²) in [6.45, 7) is 6.38. The van der Waals surface area contributed by atoms with Crippen LogP contribution in [0.25, 0.3) is 0 Å². The third-order valence-corrected chi connectivity index (χ3v) is 3.84. The monoisotopic (exact) mass is 269 g/mol. The van der Waals surface area contributed by atoms with Crippen molar-refractivity contribution in [3.8, 4) is 0 Å². The number of benzene rings is 1. The summed E-state index contributed by atoms with van der Waals surface area (Å²) in [5.41, 5.74) is 0.849. The topological polar surface area (TPSA) is 41.5 Å². The average Bonchev–Trinajstić information content (AvgIpc) is 2.28. The molecule has 1 saturated heterocycles. The number of halogens is 1. The van der Waals surface area contributed by atoms with Crippen molar-refractivity contribution >= 4 is 11.6 Å². The Morgan fingerprint density at radius 2 is 2.17 bits per heavy atom. The van der Waals surface area contributed by atoms with Gasteiger partial charge in [-0.1, -0.05) is 23.7 Å². The minimum absolute atomic E-state index is 0.115. The van der Waals surface area contributed by atoms with E-state index in [0.717, 1.165) is 17.1 Å². The summed E-state index contributed by atoms with van der Waals surface area (Å²) >= 11 is 6.02. The van der Waals surface area contributed by atoms with E-state index in [1.807, 2.05) is 18.2 Å². The van der Waals surface area contributed by atoms with Crippen LogP contribution in [0.15, 0.2) is 24.3 Å². The van der Waals surface area contributed by atoms with Crippen LogP contribution in [0.2, 0.25) is 5.02 Å². The third kappa shape index (κ3) is 2.86. The second-order valence-corrected chi connectivity index (χ2v) is 6.08. The number of aliphatic hydroxyl groups is 1. The SMILES string of the molecule is CC(C)(NCC1(CO)COC1)c1cccc(Cl)c1. The van der Waals surface area contributed by atoms with Crippen molar-refractivity contribution in [2.45, 2.75) is 19.4 Å². The van der Waals surface area contributed by atoms with Crippen LogP contribution in [0.5, 0.6) is 0 Å². The molecule has 0 unspecified atom stereocenters. The predicted octanol–water partition coefficient (Wildman–Crippen LogP) is 2.17. The van der Waals surface area contributed by atoms with E-state index >= 15 is 0 Å². The molecule has 2 rings (SSSR count). The molecule has 0 spiro atoms. The van der Waals surface area contributed by atoms with Gasteiger partial charge < -0.3 is 15.2 Å². The van der Waals surface area contributed by atoms with Crippen LogP contribution in [0.4, 0.5) is 0 Å². The molecule has 1 heterocycles. The fraction of sp³-hybridized carbons (Fsp3) is 0.571.